The molecule has 1 atom stereocenters. The molecule has 0 amide bonds. The van der Waals surface area contributed by atoms with Crippen LogP contribution in [0.3, 0.4) is 0 Å². The van der Waals surface area contributed by atoms with Crippen molar-refractivity contribution >= 4 is 29.5 Å². The number of hydrogen-bond acceptors (Lipinski definition) is 10. The SMILES string of the molecule is CC(OC(=O)CC(=O)c1cc2c(o1)C(=O)c1ccccc1C2=O)OC(=O)OC1CCOCC1. The average Bonchev–Trinajstić information content (AvgIpc) is 3.24. The Morgan fingerprint density at radius 1 is 1.00 bits per heavy atom. The fraction of sp³-hybridized carbons (Fsp3) is 0.348. The molecule has 10 heteroatoms. The second kappa shape index (κ2) is 9.37. The van der Waals surface area contributed by atoms with Crippen LogP contribution in [-0.2, 0) is 23.7 Å². The van der Waals surface area contributed by atoms with Gasteiger partial charge in [-0.05, 0) is 6.07 Å². The van der Waals surface area contributed by atoms with Crippen molar-refractivity contribution in [2.45, 2.75) is 38.6 Å². The summed E-state index contributed by atoms with van der Waals surface area (Å²) in [5, 5.41) is 0. The van der Waals surface area contributed by atoms with E-state index in [1.165, 1.54) is 19.1 Å². The average molecular weight is 456 g/mol. The standard InChI is InChI=1S/C23H20O10/c1-12(31-23(28)32-13-6-8-29-9-7-13)30-19(25)11-17(24)18-10-16-20(26)14-4-2-3-5-15(14)21(27)22(16)33-18/h2-5,10,12-13H,6-9,11H2,1H3. The highest BCUT2D eigenvalue weighted by Gasteiger charge is 2.35. The predicted octanol–water partition coefficient (Wildman–Crippen LogP) is 2.85. The molecule has 1 unspecified atom stereocenters. The number of furan rings is 1. The molecule has 0 N–H and O–H groups in total. The third kappa shape index (κ3) is 4.85. The number of hydrogen-bond donors (Lipinski definition) is 0. The maximum absolute atomic E-state index is 12.6. The van der Waals surface area contributed by atoms with Crippen LogP contribution in [0.15, 0.2) is 34.7 Å². The molecule has 4 rings (SSSR count). The highest BCUT2D eigenvalue weighted by Crippen LogP contribution is 2.30. The highest BCUT2D eigenvalue weighted by atomic mass is 16.8. The van der Waals surface area contributed by atoms with Gasteiger partial charge < -0.3 is 23.4 Å². The van der Waals surface area contributed by atoms with Gasteiger partial charge >= 0.3 is 12.1 Å². The minimum Gasteiger partial charge on any atom is -0.449 e. The van der Waals surface area contributed by atoms with E-state index in [1.54, 1.807) is 12.1 Å². The molecule has 172 valence electrons. The molecule has 2 aliphatic rings. The number of esters is 1. The molecule has 1 aliphatic carbocycles. The van der Waals surface area contributed by atoms with Crippen LogP contribution in [0, 0.1) is 0 Å². The molecule has 0 saturated carbocycles. The maximum atomic E-state index is 12.6. The van der Waals surface area contributed by atoms with E-state index in [-0.39, 0.29) is 34.3 Å². The van der Waals surface area contributed by atoms with Gasteiger partial charge in [0.25, 0.3) is 0 Å². The van der Waals surface area contributed by atoms with Crippen LogP contribution in [-0.4, -0.2) is 55.1 Å². The van der Waals surface area contributed by atoms with E-state index < -0.39 is 42.2 Å². The monoisotopic (exact) mass is 456 g/mol. The predicted molar refractivity (Wildman–Crippen MR) is 108 cm³/mol. The fourth-order valence-corrected chi connectivity index (χ4v) is 3.57. The molecule has 0 radical (unpaired) electrons. The first-order valence-corrected chi connectivity index (χ1v) is 10.3. The lowest BCUT2D eigenvalue weighted by Crippen LogP contribution is -2.29. The normalized spacial score (nSPS) is 16.4. The number of carbonyl (C=O) groups is 5. The summed E-state index contributed by atoms with van der Waals surface area (Å²) >= 11 is 0. The minimum absolute atomic E-state index is 0.0389. The Kier molecular flexibility index (Phi) is 6.36. The van der Waals surface area contributed by atoms with Gasteiger partial charge in [-0.2, -0.15) is 0 Å². The van der Waals surface area contributed by atoms with E-state index in [4.69, 9.17) is 23.4 Å². The molecule has 33 heavy (non-hydrogen) atoms. The zero-order chi connectivity index (χ0) is 23.5. The lowest BCUT2D eigenvalue weighted by molar-refractivity contribution is -0.168. The van der Waals surface area contributed by atoms with E-state index in [0.29, 0.717) is 26.1 Å². The molecule has 0 bridgehead atoms. The van der Waals surface area contributed by atoms with E-state index in [9.17, 15) is 24.0 Å². The largest absolute Gasteiger partial charge is 0.511 e. The summed E-state index contributed by atoms with van der Waals surface area (Å²) in [6, 6.07) is 7.39. The highest BCUT2D eigenvalue weighted by molar-refractivity contribution is 6.28. The molecule has 1 fully saturated rings. The summed E-state index contributed by atoms with van der Waals surface area (Å²) in [4.78, 5) is 61.6. The Labute approximate surface area is 187 Å². The molecule has 10 nitrogen and oxygen atoms in total. The molecule has 1 aromatic carbocycles. The quantitative estimate of drug-likeness (QED) is 0.236. The summed E-state index contributed by atoms with van der Waals surface area (Å²) in [5.74, 6) is -3.32. The summed E-state index contributed by atoms with van der Waals surface area (Å²) in [6.45, 7) is 2.25. The molecule has 0 spiro atoms. The van der Waals surface area contributed by atoms with Gasteiger partial charge in [0.05, 0.1) is 18.8 Å². The first-order chi connectivity index (χ1) is 15.8. The Balaban J connectivity index is 1.33. The zero-order valence-corrected chi connectivity index (χ0v) is 17.7. The first-order valence-electron chi connectivity index (χ1n) is 10.3. The van der Waals surface area contributed by atoms with Crippen molar-refractivity contribution in [3.8, 4) is 0 Å². The summed E-state index contributed by atoms with van der Waals surface area (Å²) < 4.78 is 25.4. The number of ether oxygens (including phenoxy) is 4. The van der Waals surface area contributed by atoms with Crippen molar-refractivity contribution in [3.63, 3.8) is 0 Å². The molecular weight excluding hydrogens is 436 g/mol. The van der Waals surface area contributed by atoms with E-state index in [0.717, 1.165) is 6.07 Å². The third-order valence-electron chi connectivity index (χ3n) is 5.17. The Morgan fingerprint density at radius 2 is 1.67 bits per heavy atom. The van der Waals surface area contributed by atoms with Gasteiger partial charge in [-0.3, -0.25) is 19.2 Å². The fourth-order valence-electron chi connectivity index (χ4n) is 3.57. The topological polar surface area (TPSA) is 135 Å². The number of ketones is 3. The van der Waals surface area contributed by atoms with Crippen LogP contribution in [0.5, 0.6) is 0 Å². The van der Waals surface area contributed by atoms with Crippen LogP contribution in [0.2, 0.25) is 0 Å². The van der Waals surface area contributed by atoms with Crippen LogP contribution in [0.4, 0.5) is 4.79 Å². The van der Waals surface area contributed by atoms with Gasteiger partial charge in [-0.15, -0.1) is 0 Å². The van der Waals surface area contributed by atoms with Gasteiger partial charge in [0.15, 0.2) is 17.3 Å². The minimum atomic E-state index is -1.29. The number of Topliss-reactive ketones (excluding diaryl/α,β-unsaturated/α-hetero) is 1. The summed E-state index contributed by atoms with van der Waals surface area (Å²) in [7, 11) is 0. The second-order valence-electron chi connectivity index (χ2n) is 7.51. The zero-order valence-electron chi connectivity index (χ0n) is 17.7. The smallest absolute Gasteiger partial charge is 0.449 e. The van der Waals surface area contributed by atoms with Crippen molar-refractivity contribution in [3.05, 3.63) is 58.5 Å². The second-order valence-corrected chi connectivity index (χ2v) is 7.51. The number of carbonyl (C=O) groups excluding carboxylic acids is 5. The van der Waals surface area contributed by atoms with Crippen molar-refractivity contribution in [1.82, 2.24) is 0 Å². The first kappa shape index (κ1) is 22.4. The molecule has 1 aliphatic heterocycles. The van der Waals surface area contributed by atoms with Crippen LogP contribution >= 0.6 is 0 Å². The van der Waals surface area contributed by atoms with Crippen LogP contribution < -0.4 is 0 Å². The molecule has 1 saturated heterocycles. The lowest BCUT2D eigenvalue weighted by Gasteiger charge is -2.22. The number of fused-ring (bicyclic) bond motifs is 2. The molecular formula is C23H20O10. The Morgan fingerprint density at radius 3 is 2.36 bits per heavy atom. The van der Waals surface area contributed by atoms with Crippen molar-refractivity contribution in [2.75, 3.05) is 13.2 Å². The molecule has 1 aromatic heterocycles. The van der Waals surface area contributed by atoms with Gasteiger partial charge in [0.1, 0.15) is 12.5 Å². The van der Waals surface area contributed by atoms with Gasteiger partial charge in [-0.25, -0.2) is 4.79 Å². The Hall–Kier alpha value is -3.79. The number of rotatable bonds is 6. The van der Waals surface area contributed by atoms with Crippen molar-refractivity contribution in [1.29, 1.82) is 0 Å². The maximum Gasteiger partial charge on any atom is 0.511 e. The Bertz CT molecular complexity index is 1070. The van der Waals surface area contributed by atoms with Gasteiger partial charge in [-0.1, -0.05) is 24.3 Å². The lowest BCUT2D eigenvalue weighted by atomic mass is 9.88. The molecule has 2 aromatic rings. The molecule has 2 heterocycles. The van der Waals surface area contributed by atoms with E-state index in [2.05, 4.69) is 0 Å². The van der Waals surface area contributed by atoms with Crippen molar-refractivity contribution in [2.24, 2.45) is 0 Å². The van der Waals surface area contributed by atoms with Gasteiger partial charge in [0.2, 0.25) is 17.9 Å². The van der Waals surface area contributed by atoms with Crippen molar-refractivity contribution < 1.29 is 47.3 Å². The summed E-state index contributed by atoms with van der Waals surface area (Å²) in [6.07, 6.45) is -2.28. The van der Waals surface area contributed by atoms with E-state index >= 15 is 0 Å². The van der Waals surface area contributed by atoms with Gasteiger partial charge in [0, 0.05) is 30.9 Å². The number of benzene rings is 1. The van der Waals surface area contributed by atoms with Crippen LogP contribution in [0.25, 0.3) is 0 Å². The van der Waals surface area contributed by atoms with Crippen LogP contribution in [0.1, 0.15) is 68.8 Å². The van der Waals surface area contributed by atoms with E-state index in [1.807, 2.05) is 0 Å². The summed E-state index contributed by atoms with van der Waals surface area (Å²) in [5.41, 5.74) is 0.358. The third-order valence-corrected chi connectivity index (χ3v) is 5.17.